The molecule has 1 aliphatic heterocycles. The minimum atomic E-state index is -0.283. The predicted octanol–water partition coefficient (Wildman–Crippen LogP) is 2.66. The summed E-state index contributed by atoms with van der Waals surface area (Å²) in [5.41, 5.74) is 0.966. The van der Waals surface area contributed by atoms with Crippen molar-refractivity contribution in [2.75, 3.05) is 26.3 Å². The first-order valence-corrected chi connectivity index (χ1v) is 8.48. The van der Waals surface area contributed by atoms with Gasteiger partial charge in [-0.05, 0) is 31.4 Å². The molecule has 1 atom stereocenters. The Hall–Kier alpha value is -2.14. The third kappa shape index (κ3) is 6.16. The molecule has 5 heteroatoms. The molecule has 0 spiro atoms. The van der Waals surface area contributed by atoms with Crippen molar-refractivity contribution in [1.82, 2.24) is 4.90 Å². The first kappa shape index (κ1) is 18.2. The fraction of sp³-hybridized carbons (Fsp3) is 0.474. The summed E-state index contributed by atoms with van der Waals surface area (Å²) >= 11 is 0. The van der Waals surface area contributed by atoms with Crippen molar-refractivity contribution in [3.8, 4) is 0 Å². The van der Waals surface area contributed by atoms with Crippen molar-refractivity contribution in [3.63, 3.8) is 0 Å². The molecule has 0 aliphatic carbocycles. The highest BCUT2D eigenvalue weighted by molar-refractivity contribution is 5.92. The number of esters is 1. The number of amides is 1. The van der Waals surface area contributed by atoms with Gasteiger partial charge in [0, 0.05) is 25.8 Å². The van der Waals surface area contributed by atoms with E-state index in [0.717, 1.165) is 25.0 Å². The van der Waals surface area contributed by atoms with E-state index in [1.165, 1.54) is 0 Å². The summed E-state index contributed by atoms with van der Waals surface area (Å²) in [5.74, 6) is -0.395. The average Bonchev–Trinajstić information content (AvgIpc) is 3.11. The zero-order valence-electron chi connectivity index (χ0n) is 14.1. The van der Waals surface area contributed by atoms with Crippen LogP contribution in [0.15, 0.2) is 36.4 Å². The summed E-state index contributed by atoms with van der Waals surface area (Å²) in [6.45, 7) is 3.72. The van der Waals surface area contributed by atoms with E-state index in [4.69, 9.17) is 9.47 Å². The molecule has 1 aliphatic rings. The van der Waals surface area contributed by atoms with Gasteiger partial charge in [-0.1, -0.05) is 30.3 Å². The second kappa shape index (κ2) is 9.88. The van der Waals surface area contributed by atoms with Crippen molar-refractivity contribution < 1.29 is 19.1 Å². The third-order valence-corrected chi connectivity index (χ3v) is 3.87. The van der Waals surface area contributed by atoms with Crippen LogP contribution in [0.4, 0.5) is 0 Å². The zero-order valence-corrected chi connectivity index (χ0v) is 14.1. The van der Waals surface area contributed by atoms with Gasteiger partial charge in [-0.25, -0.2) is 0 Å². The molecule has 1 saturated heterocycles. The lowest BCUT2D eigenvalue weighted by Crippen LogP contribution is -2.38. The number of carbonyl (C=O) groups is 2. The number of nitrogens with zero attached hydrogens (tertiary/aromatic N) is 1. The van der Waals surface area contributed by atoms with Gasteiger partial charge in [-0.2, -0.15) is 0 Å². The highest BCUT2D eigenvalue weighted by Gasteiger charge is 2.22. The second-order valence-electron chi connectivity index (χ2n) is 5.72. The maximum absolute atomic E-state index is 12.5. The Morgan fingerprint density at radius 1 is 1.33 bits per heavy atom. The van der Waals surface area contributed by atoms with Crippen molar-refractivity contribution in [3.05, 3.63) is 42.0 Å². The van der Waals surface area contributed by atoms with Crippen molar-refractivity contribution >= 4 is 18.0 Å². The predicted molar refractivity (Wildman–Crippen MR) is 92.3 cm³/mol. The van der Waals surface area contributed by atoms with E-state index < -0.39 is 0 Å². The van der Waals surface area contributed by atoms with Crippen LogP contribution in [0, 0.1) is 0 Å². The molecule has 0 radical (unpaired) electrons. The number of ether oxygens (including phenoxy) is 2. The van der Waals surface area contributed by atoms with Crippen LogP contribution in [0.1, 0.15) is 31.7 Å². The fourth-order valence-electron chi connectivity index (χ4n) is 2.62. The van der Waals surface area contributed by atoms with E-state index in [9.17, 15) is 9.59 Å². The maximum Gasteiger partial charge on any atom is 0.307 e. The van der Waals surface area contributed by atoms with Crippen LogP contribution in [0.25, 0.3) is 6.08 Å². The first-order chi connectivity index (χ1) is 11.7. The molecular weight excluding hydrogens is 306 g/mol. The summed E-state index contributed by atoms with van der Waals surface area (Å²) in [4.78, 5) is 25.8. The van der Waals surface area contributed by atoms with Crippen molar-refractivity contribution in [1.29, 1.82) is 0 Å². The smallest absolute Gasteiger partial charge is 0.307 e. The third-order valence-electron chi connectivity index (χ3n) is 3.87. The molecule has 1 heterocycles. The van der Waals surface area contributed by atoms with E-state index in [1.807, 2.05) is 30.3 Å². The number of rotatable bonds is 8. The lowest BCUT2D eigenvalue weighted by molar-refractivity contribution is -0.144. The topological polar surface area (TPSA) is 55.8 Å². The van der Waals surface area contributed by atoms with Crippen LogP contribution in [-0.2, 0) is 19.1 Å². The number of hydrogen-bond donors (Lipinski definition) is 0. The molecule has 1 aromatic rings. The van der Waals surface area contributed by atoms with E-state index in [-0.39, 0.29) is 24.4 Å². The largest absolute Gasteiger partial charge is 0.466 e. The van der Waals surface area contributed by atoms with E-state index >= 15 is 0 Å². The minimum Gasteiger partial charge on any atom is -0.466 e. The normalized spacial score (nSPS) is 17.1. The van der Waals surface area contributed by atoms with E-state index in [1.54, 1.807) is 24.0 Å². The molecule has 1 unspecified atom stereocenters. The highest BCUT2D eigenvalue weighted by Crippen LogP contribution is 2.14. The number of benzene rings is 1. The molecule has 1 fully saturated rings. The molecule has 2 rings (SSSR count). The molecule has 0 bridgehead atoms. The number of carbonyl (C=O) groups excluding carboxylic acids is 2. The van der Waals surface area contributed by atoms with Crippen LogP contribution in [-0.4, -0.2) is 49.2 Å². The van der Waals surface area contributed by atoms with Gasteiger partial charge in [0.2, 0.25) is 5.91 Å². The molecule has 130 valence electrons. The summed E-state index contributed by atoms with van der Waals surface area (Å²) in [6, 6.07) is 9.66. The molecule has 1 amide bonds. The Kier molecular flexibility index (Phi) is 7.49. The Labute approximate surface area is 143 Å². The molecule has 0 N–H and O–H groups in total. The molecule has 0 saturated carbocycles. The number of hydrogen-bond acceptors (Lipinski definition) is 4. The summed E-state index contributed by atoms with van der Waals surface area (Å²) < 4.78 is 10.6. The quantitative estimate of drug-likeness (QED) is 0.543. The molecule has 1 aromatic carbocycles. The molecule has 5 nitrogen and oxygen atoms in total. The van der Waals surface area contributed by atoms with Crippen LogP contribution in [0.3, 0.4) is 0 Å². The van der Waals surface area contributed by atoms with Crippen LogP contribution < -0.4 is 0 Å². The summed E-state index contributed by atoms with van der Waals surface area (Å²) in [6.07, 6.45) is 5.56. The molecule has 24 heavy (non-hydrogen) atoms. The van der Waals surface area contributed by atoms with Gasteiger partial charge < -0.3 is 14.4 Å². The Morgan fingerprint density at radius 2 is 2.12 bits per heavy atom. The van der Waals surface area contributed by atoms with Gasteiger partial charge in [0.1, 0.15) is 0 Å². The highest BCUT2D eigenvalue weighted by atomic mass is 16.5. The average molecular weight is 331 g/mol. The van der Waals surface area contributed by atoms with Gasteiger partial charge in [0.25, 0.3) is 0 Å². The van der Waals surface area contributed by atoms with Crippen LogP contribution in [0.2, 0.25) is 0 Å². The SMILES string of the molecule is CCOC(=O)CCN(CC1CCCO1)C(=O)/C=C/c1ccccc1. The Morgan fingerprint density at radius 3 is 2.79 bits per heavy atom. The monoisotopic (exact) mass is 331 g/mol. The Balaban J connectivity index is 1.95. The van der Waals surface area contributed by atoms with Gasteiger partial charge in [0.05, 0.1) is 19.1 Å². The lowest BCUT2D eigenvalue weighted by atomic mass is 10.2. The first-order valence-electron chi connectivity index (χ1n) is 8.48. The standard InChI is InChI=1S/C19H25NO4/c1-2-23-19(22)12-13-20(15-17-9-6-14-24-17)18(21)11-10-16-7-4-3-5-8-16/h3-5,7-8,10-11,17H,2,6,9,12-15H2,1H3/b11-10+. The fourth-order valence-corrected chi connectivity index (χ4v) is 2.62. The van der Waals surface area contributed by atoms with Crippen LogP contribution in [0.5, 0.6) is 0 Å². The minimum absolute atomic E-state index is 0.0567. The van der Waals surface area contributed by atoms with Gasteiger partial charge >= 0.3 is 5.97 Å². The summed E-state index contributed by atoms with van der Waals surface area (Å²) in [5, 5.41) is 0. The van der Waals surface area contributed by atoms with Gasteiger partial charge in [0.15, 0.2) is 0 Å². The second-order valence-corrected chi connectivity index (χ2v) is 5.72. The van der Waals surface area contributed by atoms with E-state index in [2.05, 4.69) is 0 Å². The van der Waals surface area contributed by atoms with Crippen molar-refractivity contribution in [2.24, 2.45) is 0 Å². The van der Waals surface area contributed by atoms with E-state index in [0.29, 0.717) is 19.7 Å². The summed E-state index contributed by atoms with van der Waals surface area (Å²) in [7, 11) is 0. The molecular formula is C19H25NO4. The van der Waals surface area contributed by atoms with Gasteiger partial charge in [-0.15, -0.1) is 0 Å². The van der Waals surface area contributed by atoms with Crippen LogP contribution >= 0.6 is 0 Å². The molecule has 0 aromatic heterocycles. The zero-order chi connectivity index (χ0) is 17.2. The van der Waals surface area contributed by atoms with Crippen molar-refractivity contribution in [2.45, 2.75) is 32.3 Å². The Bertz CT molecular complexity index is 550. The maximum atomic E-state index is 12.5. The lowest BCUT2D eigenvalue weighted by Gasteiger charge is -2.24. The van der Waals surface area contributed by atoms with Gasteiger partial charge in [-0.3, -0.25) is 9.59 Å².